The van der Waals surface area contributed by atoms with E-state index in [1.165, 1.54) is 12.5 Å². The zero-order chi connectivity index (χ0) is 19.2. The summed E-state index contributed by atoms with van der Waals surface area (Å²) in [5.41, 5.74) is 2.03. The molecule has 154 valence electrons. The molecule has 27 heavy (non-hydrogen) atoms. The predicted octanol–water partition coefficient (Wildman–Crippen LogP) is 3.42. The van der Waals surface area contributed by atoms with Gasteiger partial charge >= 0.3 is 0 Å². The largest absolute Gasteiger partial charge is 0.380 e. The molecule has 0 aliphatic rings. The van der Waals surface area contributed by atoms with E-state index in [1.807, 2.05) is 24.3 Å². The van der Waals surface area contributed by atoms with Crippen molar-refractivity contribution in [3.63, 3.8) is 0 Å². The molecule has 0 aliphatic heterocycles. The van der Waals surface area contributed by atoms with Crippen LogP contribution in [0.2, 0.25) is 0 Å². The number of nitrogens with zero attached hydrogens (tertiary/aromatic N) is 1. The Kier molecular flexibility index (Phi) is 14.9. The van der Waals surface area contributed by atoms with Gasteiger partial charge in [-0.05, 0) is 43.4 Å². The van der Waals surface area contributed by atoms with Crippen molar-refractivity contribution in [2.24, 2.45) is 10.9 Å². The summed E-state index contributed by atoms with van der Waals surface area (Å²) < 4.78 is 5.59. The number of hydrogen-bond donors (Lipinski definition) is 3. The van der Waals surface area contributed by atoms with Gasteiger partial charge in [0.15, 0.2) is 5.96 Å². The molecule has 0 aliphatic carbocycles. The van der Waals surface area contributed by atoms with E-state index < -0.39 is 0 Å². The van der Waals surface area contributed by atoms with Crippen molar-refractivity contribution in [3.8, 4) is 0 Å². The summed E-state index contributed by atoms with van der Waals surface area (Å²) in [6.45, 7) is 11.7. The average molecular weight is 490 g/mol. The van der Waals surface area contributed by atoms with Crippen LogP contribution in [0.4, 0.5) is 5.69 Å². The van der Waals surface area contributed by atoms with Crippen molar-refractivity contribution in [3.05, 3.63) is 29.8 Å². The second-order valence-corrected chi connectivity index (χ2v) is 6.61. The van der Waals surface area contributed by atoms with Crippen molar-refractivity contribution in [2.45, 2.75) is 40.5 Å². The van der Waals surface area contributed by atoms with Crippen LogP contribution in [-0.4, -0.2) is 44.7 Å². The summed E-state index contributed by atoms with van der Waals surface area (Å²) in [4.78, 5) is 15.6. The van der Waals surface area contributed by atoms with Gasteiger partial charge in [0.1, 0.15) is 0 Å². The van der Waals surface area contributed by atoms with E-state index in [1.54, 1.807) is 0 Å². The van der Waals surface area contributed by atoms with Gasteiger partial charge in [-0.25, -0.2) is 0 Å². The van der Waals surface area contributed by atoms with Gasteiger partial charge in [-0.2, -0.15) is 0 Å². The fraction of sp³-hybridized carbons (Fsp3) is 0.600. The van der Waals surface area contributed by atoms with Crippen LogP contribution >= 0.6 is 24.0 Å². The summed E-state index contributed by atoms with van der Waals surface area (Å²) in [5.74, 6) is 1.43. The summed E-state index contributed by atoms with van der Waals surface area (Å²) in [6, 6.07) is 7.90. The Labute approximate surface area is 181 Å². The number of nitrogens with one attached hydrogen (secondary N) is 3. The number of benzene rings is 1. The van der Waals surface area contributed by atoms with Gasteiger partial charge in [0, 0.05) is 32.3 Å². The molecular weight excluding hydrogens is 455 g/mol. The minimum atomic E-state index is -0.0564. The number of aliphatic imine (C=N–C) groups is 1. The molecule has 0 atom stereocenters. The van der Waals surface area contributed by atoms with Gasteiger partial charge in [-0.3, -0.25) is 9.79 Å². The normalized spacial score (nSPS) is 11.1. The third-order valence-corrected chi connectivity index (χ3v) is 3.67. The van der Waals surface area contributed by atoms with Crippen molar-refractivity contribution in [1.29, 1.82) is 0 Å². The number of carbonyl (C=O) groups excluding carboxylic acids is 1. The van der Waals surface area contributed by atoms with E-state index >= 15 is 0 Å². The fourth-order valence-corrected chi connectivity index (χ4v) is 2.27. The van der Waals surface area contributed by atoms with Gasteiger partial charge in [0.25, 0.3) is 0 Å². The summed E-state index contributed by atoms with van der Waals surface area (Å²) in [6.07, 6.45) is 1.97. The standard InChI is InChI=1S/C20H34N4O2.HI/c1-5-21-20(23-13-15-26-14-11-16(2)3)22-12-10-18-6-8-19(9-7-18)24-17(4)25;/h6-9,16H,5,10-15H2,1-4H3,(H,24,25)(H2,21,22,23);1H. The maximum absolute atomic E-state index is 11.0. The first kappa shape index (κ1) is 25.6. The molecule has 0 bridgehead atoms. The molecule has 1 aromatic rings. The first-order valence-corrected chi connectivity index (χ1v) is 9.47. The molecule has 0 fully saturated rings. The summed E-state index contributed by atoms with van der Waals surface area (Å²) >= 11 is 0. The number of halogens is 1. The summed E-state index contributed by atoms with van der Waals surface area (Å²) in [5, 5.41) is 9.35. The van der Waals surface area contributed by atoms with Crippen LogP contribution in [0.1, 0.15) is 39.7 Å². The quantitative estimate of drug-likeness (QED) is 0.192. The first-order chi connectivity index (χ1) is 12.5. The highest BCUT2D eigenvalue weighted by atomic mass is 127. The molecule has 1 rings (SSSR count). The number of anilines is 1. The van der Waals surface area contributed by atoms with E-state index in [2.05, 4.69) is 41.7 Å². The number of ether oxygens (including phenoxy) is 1. The SMILES string of the molecule is CCNC(=NCCOCCC(C)C)NCCc1ccc(NC(C)=O)cc1.I. The lowest BCUT2D eigenvalue weighted by Crippen LogP contribution is -2.38. The average Bonchev–Trinajstić information content (AvgIpc) is 2.58. The second kappa shape index (κ2) is 15.7. The number of hydrogen-bond acceptors (Lipinski definition) is 3. The fourth-order valence-electron chi connectivity index (χ4n) is 2.27. The molecule has 0 spiro atoms. The smallest absolute Gasteiger partial charge is 0.221 e. The lowest BCUT2D eigenvalue weighted by Gasteiger charge is -2.12. The Hall–Kier alpha value is -1.35. The third-order valence-electron chi connectivity index (χ3n) is 3.67. The number of guanidine groups is 1. The van der Waals surface area contributed by atoms with Crippen LogP contribution in [0.25, 0.3) is 0 Å². The molecule has 0 radical (unpaired) electrons. The van der Waals surface area contributed by atoms with E-state index in [9.17, 15) is 4.79 Å². The van der Waals surface area contributed by atoms with Gasteiger partial charge in [0.2, 0.25) is 5.91 Å². The summed E-state index contributed by atoms with van der Waals surface area (Å²) in [7, 11) is 0. The highest BCUT2D eigenvalue weighted by Gasteiger charge is 2.00. The molecule has 6 nitrogen and oxygen atoms in total. The van der Waals surface area contributed by atoms with Gasteiger partial charge in [-0.1, -0.05) is 26.0 Å². The van der Waals surface area contributed by atoms with Crippen LogP contribution in [0, 0.1) is 5.92 Å². The highest BCUT2D eigenvalue weighted by molar-refractivity contribution is 14.0. The minimum absolute atomic E-state index is 0. The van der Waals surface area contributed by atoms with E-state index in [0.717, 1.165) is 44.2 Å². The monoisotopic (exact) mass is 490 g/mol. The molecule has 0 saturated heterocycles. The Morgan fingerprint density at radius 2 is 1.85 bits per heavy atom. The number of amides is 1. The van der Waals surface area contributed by atoms with Crippen LogP contribution in [0.3, 0.4) is 0 Å². The second-order valence-electron chi connectivity index (χ2n) is 6.61. The lowest BCUT2D eigenvalue weighted by atomic mass is 10.1. The number of rotatable bonds is 11. The van der Waals surface area contributed by atoms with Crippen LogP contribution in [-0.2, 0) is 16.0 Å². The van der Waals surface area contributed by atoms with E-state index in [0.29, 0.717) is 19.1 Å². The van der Waals surface area contributed by atoms with Gasteiger partial charge in [0.05, 0.1) is 13.2 Å². The molecule has 0 saturated carbocycles. The zero-order valence-electron chi connectivity index (χ0n) is 17.0. The molecule has 1 aromatic carbocycles. The van der Waals surface area contributed by atoms with Crippen molar-refractivity contribution in [2.75, 3.05) is 38.2 Å². The zero-order valence-corrected chi connectivity index (χ0v) is 19.3. The van der Waals surface area contributed by atoms with E-state index in [-0.39, 0.29) is 29.9 Å². The third kappa shape index (κ3) is 13.5. The molecule has 7 heteroatoms. The predicted molar refractivity (Wildman–Crippen MR) is 124 cm³/mol. The van der Waals surface area contributed by atoms with Gasteiger partial charge < -0.3 is 20.7 Å². The molecule has 0 unspecified atom stereocenters. The van der Waals surface area contributed by atoms with Crippen molar-refractivity contribution >= 4 is 41.5 Å². The Morgan fingerprint density at radius 1 is 1.15 bits per heavy atom. The Balaban J connectivity index is 0.00000676. The first-order valence-electron chi connectivity index (χ1n) is 9.47. The topological polar surface area (TPSA) is 74.8 Å². The highest BCUT2D eigenvalue weighted by Crippen LogP contribution is 2.09. The van der Waals surface area contributed by atoms with Crippen molar-refractivity contribution in [1.82, 2.24) is 10.6 Å². The minimum Gasteiger partial charge on any atom is -0.380 e. The van der Waals surface area contributed by atoms with Crippen LogP contribution in [0.5, 0.6) is 0 Å². The van der Waals surface area contributed by atoms with Gasteiger partial charge in [-0.15, -0.1) is 24.0 Å². The Morgan fingerprint density at radius 3 is 2.44 bits per heavy atom. The van der Waals surface area contributed by atoms with Crippen LogP contribution < -0.4 is 16.0 Å². The van der Waals surface area contributed by atoms with Crippen molar-refractivity contribution < 1.29 is 9.53 Å². The lowest BCUT2D eigenvalue weighted by molar-refractivity contribution is -0.114. The molecule has 0 aromatic heterocycles. The molecular formula is C20H35IN4O2. The molecule has 0 heterocycles. The molecule has 3 N–H and O–H groups in total. The maximum Gasteiger partial charge on any atom is 0.221 e. The van der Waals surface area contributed by atoms with Crippen LogP contribution in [0.15, 0.2) is 29.3 Å². The number of carbonyl (C=O) groups is 1. The van der Waals surface area contributed by atoms with E-state index in [4.69, 9.17) is 4.74 Å². The molecule has 1 amide bonds. The Bertz CT molecular complexity index is 547. The maximum atomic E-state index is 11.0.